The Kier molecular flexibility index (Phi) is 4.27. The normalized spacial score (nSPS) is 11.2. The highest BCUT2D eigenvalue weighted by Crippen LogP contribution is 2.40. The monoisotopic (exact) mass is 388 g/mol. The molecule has 0 unspecified atom stereocenters. The van der Waals surface area contributed by atoms with Gasteiger partial charge in [0.15, 0.2) is 5.43 Å². The molecule has 24 heavy (non-hydrogen) atoms. The second kappa shape index (κ2) is 6.41. The van der Waals surface area contributed by atoms with E-state index < -0.39 is 0 Å². The molecule has 0 aliphatic rings. The van der Waals surface area contributed by atoms with Gasteiger partial charge < -0.3 is 0 Å². The van der Waals surface area contributed by atoms with E-state index >= 15 is 0 Å². The van der Waals surface area contributed by atoms with Crippen molar-refractivity contribution in [1.82, 2.24) is 0 Å². The Balaban J connectivity index is 1.91. The van der Waals surface area contributed by atoms with Gasteiger partial charge in [-0.05, 0) is 42.5 Å². The van der Waals surface area contributed by atoms with Gasteiger partial charge in [0.1, 0.15) is 0 Å². The molecule has 3 aromatic carbocycles. The van der Waals surface area contributed by atoms with Crippen LogP contribution in [0.5, 0.6) is 0 Å². The van der Waals surface area contributed by atoms with Crippen LogP contribution in [-0.2, 0) is 0 Å². The number of benzene rings is 3. The molecule has 1 nitrogen and oxygen atoms in total. The van der Waals surface area contributed by atoms with Crippen LogP contribution >= 0.6 is 46.3 Å². The highest BCUT2D eigenvalue weighted by Gasteiger charge is 2.12. The maximum absolute atomic E-state index is 12.7. The van der Waals surface area contributed by atoms with E-state index in [1.807, 2.05) is 60.7 Å². The van der Waals surface area contributed by atoms with Crippen LogP contribution < -0.4 is 5.43 Å². The predicted molar refractivity (Wildman–Crippen MR) is 106 cm³/mol. The quantitative estimate of drug-likeness (QED) is 0.348. The van der Waals surface area contributed by atoms with E-state index in [0.29, 0.717) is 15.4 Å². The van der Waals surface area contributed by atoms with E-state index in [9.17, 15) is 4.79 Å². The van der Waals surface area contributed by atoms with Crippen molar-refractivity contribution < 1.29 is 0 Å². The second-order valence-corrected chi connectivity index (χ2v) is 8.22. The van der Waals surface area contributed by atoms with Gasteiger partial charge in [-0.3, -0.25) is 4.79 Å². The molecule has 0 amide bonds. The third-order valence-electron chi connectivity index (χ3n) is 3.67. The van der Waals surface area contributed by atoms with Crippen LogP contribution in [0, 0.1) is 0 Å². The average Bonchev–Trinajstić information content (AvgIpc) is 2.58. The predicted octanol–water partition coefficient (Wildman–Crippen LogP) is 6.87. The summed E-state index contributed by atoms with van der Waals surface area (Å²) in [6.07, 6.45) is 0. The maximum atomic E-state index is 12.7. The van der Waals surface area contributed by atoms with Crippen molar-refractivity contribution in [2.45, 2.75) is 9.79 Å². The van der Waals surface area contributed by atoms with Crippen LogP contribution in [0.15, 0.2) is 75.2 Å². The largest absolute Gasteiger partial charge is 0.289 e. The third kappa shape index (κ3) is 2.82. The van der Waals surface area contributed by atoms with E-state index in [4.69, 9.17) is 23.2 Å². The Morgan fingerprint density at radius 3 is 2.54 bits per heavy atom. The number of fused-ring (bicyclic) bond motifs is 2. The minimum Gasteiger partial charge on any atom is -0.289 e. The van der Waals surface area contributed by atoms with Crippen molar-refractivity contribution in [2.24, 2.45) is 0 Å². The van der Waals surface area contributed by atoms with Gasteiger partial charge in [-0.2, -0.15) is 0 Å². The zero-order valence-corrected chi connectivity index (χ0v) is 15.4. The molecule has 0 N–H and O–H groups in total. The molecule has 1 heterocycles. The smallest absolute Gasteiger partial charge is 0.195 e. The Morgan fingerprint density at radius 1 is 0.875 bits per heavy atom. The van der Waals surface area contributed by atoms with Crippen molar-refractivity contribution in [1.29, 1.82) is 0 Å². The molecule has 0 atom stereocenters. The van der Waals surface area contributed by atoms with Crippen LogP contribution in [0.3, 0.4) is 0 Å². The summed E-state index contributed by atoms with van der Waals surface area (Å²) in [5, 5.41) is 2.71. The van der Waals surface area contributed by atoms with Gasteiger partial charge in [0.2, 0.25) is 0 Å². The molecule has 0 aliphatic heterocycles. The van der Waals surface area contributed by atoms with Crippen LogP contribution in [0.1, 0.15) is 0 Å². The lowest BCUT2D eigenvalue weighted by atomic mass is 10.2. The lowest BCUT2D eigenvalue weighted by molar-refractivity contribution is 1.42. The molecule has 5 heteroatoms. The van der Waals surface area contributed by atoms with Gasteiger partial charge in [0.05, 0.1) is 9.72 Å². The SMILES string of the molecule is O=c1c2ccccc2sc2c(Cl)c(Sc3cccc(Cl)c3)ccc12. The van der Waals surface area contributed by atoms with E-state index in [0.717, 1.165) is 24.6 Å². The zero-order chi connectivity index (χ0) is 16.7. The summed E-state index contributed by atoms with van der Waals surface area (Å²) in [7, 11) is 0. The van der Waals surface area contributed by atoms with Gasteiger partial charge in [0, 0.05) is 30.3 Å². The second-order valence-electron chi connectivity index (χ2n) is 5.24. The Labute approximate surface area is 156 Å². The molecular formula is C19H10Cl2OS2. The summed E-state index contributed by atoms with van der Waals surface area (Å²) in [4.78, 5) is 14.6. The summed E-state index contributed by atoms with van der Waals surface area (Å²) in [5.41, 5.74) is 0.0283. The molecular weight excluding hydrogens is 379 g/mol. The standard InChI is InChI=1S/C19H10Cl2OS2/c20-11-4-3-5-12(10-11)23-16-9-8-14-18(22)13-6-1-2-7-15(13)24-19(14)17(16)21/h1-10H. The fourth-order valence-corrected chi connectivity index (χ4v) is 5.29. The highest BCUT2D eigenvalue weighted by atomic mass is 35.5. The molecule has 0 saturated heterocycles. The summed E-state index contributed by atoms with van der Waals surface area (Å²) >= 11 is 15.8. The lowest BCUT2D eigenvalue weighted by Crippen LogP contribution is -2.01. The fraction of sp³-hybridized carbons (Fsp3) is 0. The maximum Gasteiger partial charge on any atom is 0.195 e. The van der Waals surface area contributed by atoms with E-state index in [-0.39, 0.29) is 5.43 Å². The Bertz CT molecular complexity index is 1140. The number of hydrogen-bond donors (Lipinski definition) is 0. The van der Waals surface area contributed by atoms with Crippen molar-refractivity contribution in [3.8, 4) is 0 Å². The molecule has 4 aromatic rings. The van der Waals surface area contributed by atoms with Crippen LogP contribution in [0.25, 0.3) is 20.2 Å². The molecule has 0 saturated carbocycles. The molecule has 0 bridgehead atoms. The van der Waals surface area contributed by atoms with Crippen molar-refractivity contribution in [3.05, 3.63) is 80.9 Å². The topological polar surface area (TPSA) is 17.1 Å². The summed E-state index contributed by atoms with van der Waals surface area (Å²) in [6.45, 7) is 0. The molecule has 1 aromatic heterocycles. The van der Waals surface area contributed by atoms with Gasteiger partial charge in [-0.1, -0.05) is 53.2 Å². The van der Waals surface area contributed by atoms with E-state index in [2.05, 4.69) is 0 Å². The minimum absolute atomic E-state index is 0.0283. The summed E-state index contributed by atoms with van der Waals surface area (Å²) in [6, 6.07) is 19.0. The average molecular weight is 389 g/mol. The fourth-order valence-electron chi connectivity index (χ4n) is 2.55. The number of rotatable bonds is 2. The summed E-state index contributed by atoms with van der Waals surface area (Å²) < 4.78 is 1.77. The Hall–Kier alpha value is -1.52. The molecule has 0 aliphatic carbocycles. The first-order chi connectivity index (χ1) is 11.6. The minimum atomic E-state index is 0.0283. The van der Waals surface area contributed by atoms with Crippen molar-refractivity contribution in [3.63, 3.8) is 0 Å². The zero-order valence-electron chi connectivity index (χ0n) is 12.3. The highest BCUT2D eigenvalue weighted by molar-refractivity contribution is 7.99. The number of halogens is 2. The molecule has 0 spiro atoms. The number of hydrogen-bond acceptors (Lipinski definition) is 3. The first-order valence-electron chi connectivity index (χ1n) is 7.21. The molecule has 118 valence electrons. The summed E-state index contributed by atoms with van der Waals surface area (Å²) in [5.74, 6) is 0. The van der Waals surface area contributed by atoms with Crippen LogP contribution in [0.4, 0.5) is 0 Å². The van der Waals surface area contributed by atoms with Gasteiger partial charge in [-0.25, -0.2) is 0 Å². The molecule has 4 rings (SSSR count). The van der Waals surface area contributed by atoms with Gasteiger partial charge in [-0.15, -0.1) is 11.3 Å². The van der Waals surface area contributed by atoms with E-state index in [1.165, 1.54) is 0 Å². The van der Waals surface area contributed by atoms with Crippen LogP contribution in [-0.4, -0.2) is 0 Å². The van der Waals surface area contributed by atoms with Gasteiger partial charge >= 0.3 is 0 Å². The first-order valence-corrected chi connectivity index (χ1v) is 9.60. The third-order valence-corrected chi connectivity index (χ3v) is 6.78. The van der Waals surface area contributed by atoms with Gasteiger partial charge in [0.25, 0.3) is 0 Å². The van der Waals surface area contributed by atoms with Crippen molar-refractivity contribution >= 4 is 66.5 Å². The van der Waals surface area contributed by atoms with Crippen LogP contribution in [0.2, 0.25) is 10.0 Å². The van der Waals surface area contributed by atoms with Crippen molar-refractivity contribution in [2.75, 3.05) is 0 Å². The van der Waals surface area contributed by atoms with E-state index in [1.54, 1.807) is 23.1 Å². The first kappa shape index (κ1) is 16.0. The lowest BCUT2D eigenvalue weighted by Gasteiger charge is -2.08. The Morgan fingerprint density at radius 2 is 1.71 bits per heavy atom. The molecule has 0 fully saturated rings. The molecule has 0 radical (unpaired) electrons.